The van der Waals surface area contributed by atoms with Gasteiger partial charge >= 0.3 is 0 Å². The van der Waals surface area contributed by atoms with Crippen LogP contribution in [0.2, 0.25) is 0 Å². The van der Waals surface area contributed by atoms with Crippen LogP contribution in [0.25, 0.3) is 22.6 Å². The summed E-state index contributed by atoms with van der Waals surface area (Å²) in [5, 5.41) is 3.28. The normalized spacial score (nSPS) is 17.9. The molecule has 0 atom stereocenters. The molecule has 5 heterocycles. The van der Waals surface area contributed by atoms with E-state index in [0.717, 1.165) is 77.9 Å². The number of thiazole rings is 1. The van der Waals surface area contributed by atoms with Crippen LogP contribution in [-0.2, 0) is 22.2 Å². The second-order valence-electron chi connectivity index (χ2n) is 11.7. The molecule has 8 nitrogen and oxygen atoms in total. The summed E-state index contributed by atoms with van der Waals surface area (Å²) in [7, 11) is 0. The molecule has 1 saturated heterocycles. The molecule has 0 aromatic carbocycles. The first-order valence-electron chi connectivity index (χ1n) is 13.1. The standard InChI is InChI=1S/C28H33N7OS/c1-27(2,3)22-14-20(32-26(33-22)28(4)9-10-28)21-16-37-25(31-21)18-7-12-34(13-8-18)23(36)15-35-17-30-19-6-5-11-29-24(19)35/h5-6,11,14,16-18H,7-10,12-13,15H2,1-4H3. The number of imidazole rings is 1. The third-order valence-electron chi connectivity index (χ3n) is 7.70. The molecule has 6 rings (SSSR count). The number of hydrogen-bond acceptors (Lipinski definition) is 7. The molecule has 192 valence electrons. The van der Waals surface area contributed by atoms with Crippen molar-refractivity contribution in [1.82, 2.24) is 34.4 Å². The number of piperidine rings is 1. The van der Waals surface area contributed by atoms with Crippen molar-refractivity contribution in [1.29, 1.82) is 0 Å². The van der Waals surface area contributed by atoms with E-state index in [1.165, 1.54) is 0 Å². The van der Waals surface area contributed by atoms with Crippen LogP contribution in [0, 0.1) is 0 Å². The van der Waals surface area contributed by atoms with E-state index < -0.39 is 0 Å². The first-order valence-corrected chi connectivity index (χ1v) is 14.0. The molecule has 0 unspecified atom stereocenters. The third kappa shape index (κ3) is 4.77. The highest BCUT2D eigenvalue weighted by molar-refractivity contribution is 7.10. The molecule has 0 bridgehead atoms. The Bertz CT molecular complexity index is 1430. The fourth-order valence-corrected chi connectivity index (χ4v) is 5.86. The van der Waals surface area contributed by atoms with Gasteiger partial charge in [0, 0.05) is 41.4 Å². The topological polar surface area (TPSA) is 89.7 Å². The maximum absolute atomic E-state index is 13.0. The molecule has 4 aromatic heterocycles. The van der Waals surface area contributed by atoms with Gasteiger partial charge in [-0.15, -0.1) is 11.3 Å². The Kier molecular flexibility index (Phi) is 5.86. The van der Waals surface area contributed by atoms with Gasteiger partial charge in [-0.3, -0.25) is 4.79 Å². The van der Waals surface area contributed by atoms with Crippen LogP contribution < -0.4 is 0 Å². The SMILES string of the molecule is CC(C)(C)c1cc(-c2csc(C3CCN(C(=O)Cn4cnc5cccnc54)CC3)n2)nc(C2(C)CC2)n1. The fraction of sp³-hybridized carbons (Fsp3) is 0.500. The fourth-order valence-electron chi connectivity index (χ4n) is 4.87. The van der Waals surface area contributed by atoms with E-state index in [4.69, 9.17) is 15.0 Å². The lowest BCUT2D eigenvalue weighted by Gasteiger charge is -2.31. The van der Waals surface area contributed by atoms with E-state index in [9.17, 15) is 4.79 Å². The number of pyridine rings is 1. The van der Waals surface area contributed by atoms with Gasteiger partial charge in [0.25, 0.3) is 0 Å². The lowest BCUT2D eigenvalue weighted by molar-refractivity contribution is -0.132. The number of likely N-dealkylation sites (tertiary alicyclic amines) is 1. The maximum atomic E-state index is 13.0. The van der Waals surface area contributed by atoms with Gasteiger partial charge < -0.3 is 9.47 Å². The Morgan fingerprint density at radius 2 is 1.89 bits per heavy atom. The highest BCUT2D eigenvalue weighted by atomic mass is 32.1. The maximum Gasteiger partial charge on any atom is 0.242 e. The van der Waals surface area contributed by atoms with Crippen molar-refractivity contribution in [2.75, 3.05) is 13.1 Å². The van der Waals surface area contributed by atoms with Crippen LogP contribution in [-0.4, -0.2) is 53.4 Å². The Hall–Kier alpha value is -3.20. The summed E-state index contributed by atoms with van der Waals surface area (Å²) < 4.78 is 1.83. The first kappa shape index (κ1) is 24.2. The monoisotopic (exact) mass is 515 g/mol. The predicted octanol–water partition coefficient (Wildman–Crippen LogP) is 5.10. The van der Waals surface area contributed by atoms with Crippen LogP contribution in [0.1, 0.15) is 75.8 Å². The predicted molar refractivity (Wildman–Crippen MR) is 145 cm³/mol. The molecule has 1 aliphatic heterocycles. The quantitative estimate of drug-likeness (QED) is 0.367. The smallest absolute Gasteiger partial charge is 0.242 e. The highest BCUT2D eigenvalue weighted by Gasteiger charge is 2.43. The zero-order valence-electron chi connectivity index (χ0n) is 21.9. The van der Waals surface area contributed by atoms with Crippen molar-refractivity contribution >= 4 is 28.4 Å². The summed E-state index contributed by atoms with van der Waals surface area (Å²) in [5.41, 5.74) is 4.56. The second-order valence-corrected chi connectivity index (χ2v) is 12.6. The summed E-state index contributed by atoms with van der Waals surface area (Å²) in [6.07, 6.45) is 7.56. The van der Waals surface area contributed by atoms with Gasteiger partial charge in [0.1, 0.15) is 17.9 Å². The summed E-state index contributed by atoms with van der Waals surface area (Å²) in [6.45, 7) is 10.6. The largest absolute Gasteiger partial charge is 0.341 e. The summed E-state index contributed by atoms with van der Waals surface area (Å²) in [5.74, 6) is 1.43. The molecule has 1 saturated carbocycles. The minimum absolute atomic E-state index is 0.0467. The van der Waals surface area contributed by atoms with Gasteiger partial charge in [-0.2, -0.15) is 0 Å². The Labute approximate surface area is 221 Å². The molecule has 1 aliphatic carbocycles. The highest BCUT2D eigenvalue weighted by Crippen LogP contribution is 2.47. The molecule has 2 fully saturated rings. The lowest BCUT2D eigenvalue weighted by atomic mass is 9.91. The van der Waals surface area contributed by atoms with E-state index in [2.05, 4.69) is 49.1 Å². The van der Waals surface area contributed by atoms with Crippen LogP contribution in [0.4, 0.5) is 0 Å². The molecule has 2 aliphatic rings. The van der Waals surface area contributed by atoms with E-state index in [0.29, 0.717) is 5.92 Å². The van der Waals surface area contributed by atoms with Gasteiger partial charge in [-0.25, -0.2) is 24.9 Å². The number of nitrogens with zero attached hydrogens (tertiary/aromatic N) is 7. The van der Waals surface area contributed by atoms with E-state index in [1.54, 1.807) is 23.9 Å². The van der Waals surface area contributed by atoms with Gasteiger partial charge in [0.2, 0.25) is 5.91 Å². The van der Waals surface area contributed by atoms with Crippen LogP contribution in [0.5, 0.6) is 0 Å². The average Bonchev–Trinajstić information content (AvgIpc) is 3.28. The lowest BCUT2D eigenvalue weighted by Crippen LogP contribution is -2.39. The zero-order valence-corrected chi connectivity index (χ0v) is 22.8. The van der Waals surface area contributed by atoms with Crippen molar-refractivity contribution in [3.63, 3.8) is 0 Å². The number of amides is 1. The van der Waals surface area contributed by atoms with Crippen molar-refractivity contribution in [3.05, 3.63) is 52.6 Å². The Balaban J connectivity index is 1.14. The molecule has 9 heteroatoms. The number of carbonyl (C=O) groups is 1. The summed E-state index contributed by atoms with van der Waals surface area (Å²) in [6, 6.07) is 5.89. The van der Waals surface area contributed by atoms with Crippen LogP contribution in [0.3, 0.4) is 0 Å². The molecule has 0 spiro atoms. The Morgan fingerprint density at radius 3 is 2.62 bits per heavy atom. The van der Waals surface area contributed by atoms with Crippen molar-refractivity contribution in [2.45, 2.75) is 76.7 Å². The second kappa shape index (κ2) is 8.97. The third-order valence-corrected chi connectivity index (χ3v) is 8.70. The van der Waals surface area contributed by atoms with Gasteiger partial charge in [-0.05, 0) is 43.9 Å². The van der Waals surface area contributed by atoms with Crippen molar-refractivity contribution in [3.8, 4) is 11.4 Å². The van der Waals surface area contributed by atoms with E-state index in [1.807, 2.05) is 21.6 Å². The number of rotatable bonds is 5. The average molecular weight is 516 g/mol. The number of hydrogen-bond donors (Lipinski definition) is 0. The molecule has 37 heavy (non-hydrogen) atoms. The number of aromatic nitrogens is 6. The van der Waals surface area contributed by atoms with Gasteiger partial charge in [-0.1, -0.05) is 27.7 Å². The molecule has 1 amide bonds. The zero-order chi connectivity index (χ0) is 25.8. The molecule has 0 radical (unpaired) electrons. The summed E-state index contributed by atoms with van der Waals surface area (Å²) >= 11 is 1.71. The van der Waals surface area contributed by atoms with Crippen molar-refractivity contribution < 1.29 is 4.79 Å². The van der Waals surface area contributed by atoms with Crippen LogP contribution in [0.15, 0.2) is 36.1 Å². The Morgan fingerprint density at radius 1 is 1.11 bits per heavy atom. The molecule has 4 aromatic rings. The molecule has 0 N–H and O–H groups in total. The van der Waals surface area contributed by atoms with Crippen LogP contribution >= 0.6 is 11.3 Å². The van der Waals surface area contributed by atoms with E-state index in [-0.39, 0.29) is 23.3 Å². The molecular weight excluding hydrogens is 482 g/mol. The summed E-state index contributed by atoms with van der Waals surface area (Å²) in [4.78, 5) is 38.6. The number of fused-ring (bicyclic) bond motifs is 1. The van der Waals surface area contributed by atoms with E-state index >= 15 is 0 Å². The number of carbonyl (C=O) groups excluding carboxylic acids is 1. The first-order chi connectivity index (χ1) is 17.7. The van der Waals surface area contributed by atoms with Crippen molar-refractivity contribution in [2.24, 2.45) is 0 Å². The van der Waals surface area contributed by atoms with Gasteiger partial charge in [0.05, 0.1) is 28.4 Å². The minimum atomic E-state index is -0.0467. The van der Waals surface area contributed by atoms with Gasteiger partial charge in [0.15, 0.2) is 5.65 Å². The molecular formula is C28H33N7OS. The minimum Gasteiger partial charge on any atom is -0.341 e.